The van der Waals surface area contributed by atoms with Crippen molar-refractivity contribution in [2.24, 2.45) is 12.8 Å². The van der Waals surface area contributed by atoms with Crippen molar-refractivity contribution in [2.75, 3.05) is 13.1 Å². The second kappa shape index (κ2) is 6.26. The largest absolute Gasteiger partial charge is 0.329 e. The lowest BCUT2D eigenvalue weighted by molar-refractivity contribution is 0.250. The molecular weight excluding hydrogens is 294 g/mol. The highest BCUT2D eigenvalue weighted by Crippen LogP contribution is 2.22. The first kappa shape index (κ1) is 15.5. The molecule has 4 nitrogen and oxygen atoms in total. The van der Waals surface area contributed by atoms with Crippen molar-refractivity contribution in [2.45, 2.75) is 25.4 Å². The van der Waals surface area contributed by atoms with Crippen LogP contribution in [0.3, 0.4) is 0 Å². The van der Waals surface area contributed by atoms with Crippen LogP contribution in [0.15, 0.2) is 23.0 Å². The number of nitrogens with zero attached hydrogens (tertiary/aromatic N) is 2. The van der Waals surface area contributed by atoms with Crippen LogP contribution in [0.5, 0.6) is 0 Å². The molecular formula is C14H20ClN3OS. The van der Waals surface area contributed by atoms with Crippen molar-refractivity contribution in [3.05, 3.63) is 33.4 Å². The monoisotopic (exact) mass is 313 g/mol. The highest BCUT2D eigenvalue weighted by atomic mass is 35.5. The van der Waals surface area contributed by atoms with Gasteiger partial charge in [0, 0.05) is 26.2 Å². The van der Waals surface area contributed by atoms with Crippen LogP contribution < -0.4 is 10.6 Å². The van der Waals surface area contributed by atoms with Gasteiger partial charge in [-0.25, -0.2) is 0 Å². The second-order valence-corrected chi connectivity index (χ2v) is 6.22. The number of likely N-dealkylation sites (tertiary alicyclic amines) is 1. The summed E-state index contributed by atoms with van der Waals surface area (Å²) < 4.78 is 2.79. The van der Waals surface area contributed by atoms with E-state index in [-0.39, 0.29) is 17.3 Å². The summed E-state index contributed by atoms with van der Waals surface area (Å²) in [4.78, 5) is 14.2. The van der Waals surface area contributed by atoms with Gasteiger partial charge in [0.1, 0.15) is 0 Å². The summed E-state index contributed by atoms with van der Waals surface area (Å²) in [7, 11) is 1.83. The van der Waals surface area contributed by atoms with E-state index in [0.717, 1.165) is 29.9 Å². The Morgan fingerprint density at radius 3 is 3.00 bits per heavy atom. The molecule has 1 aliphatic rings. The Labute approximate surface area is 128 Å². The first-order chi connectivity index (χ1) is 9.19. The van der Waals surface area contributed by atoms with Gasteiger partial charge in [0.2, 0.25) is 0 Å². The van der Waals surface area contributed by atoms with E-state index in [4.69, 9.17) is 5.73 Å². The van der Waals surface area contributed by atoms with Gasteiger partial charge in [-0.15, -0.1) is 12.4 Å². The Morgan fingerprint density at radius 1 is 1.45 bits per heavy atom. The standard InChI is InChI=1S/C14H19N3OS.ClH/c1-16-12-5-4-10(7-13(12)19-14(16)18)9-17-6-2-3-11(17)8-15;/h4-5,7,11H,2-3,6,8-9,15H2,1H3;1H. The number of hydrogen-bond donors (Lipinski definition) is 1. The van der Waals surface area contributed by atoms with Crippen molar-refractivity contribution in [3.63, 3.8) is 0 Å². The third-order valence-electron chi connectivity index (χ3n) is 4.01. The number of hydrogen-bond acceptors (Lipinski definition) is 4. The van der Waals surface area contributed by atoms with Crippen molar-refractivity contribution in [3.8, 4) is 0 Å². The molecule has 0 aliphatic carbocycles. The molecule has 2 heterocycles. The number of rotatable bonds is 3. The average Bonchev–Trinajstić information content (AvgIpc) is 2.95. The molecule has 110 valence electrons. The Balaban J connectivity index is 0.00000147. The van der Waals surface area contributed by atoms with Crippen LogP contribution >= 0.6 is 23.7 Å². The van der Waals surface area contributed by atoms with Gasteiger partial charge in [0.25, 0.3) is 0 Å². The number of aromatic nitrogens is 1. The van der Waals surface area contributed by atoms with Crippen molar-refractivity contribution < 1.29 is 0 Å². The molecule has 1 atom stereocenters. The molecule has 0 saturated carbocycles. The lowest BCUT2D eigenvalue weighted by atomic mass is 10.1. The van der Waals surface area contributed by atoms with Gasteiger partial charge in [-0.05, 0) is 37.1 Å². The van der Waals surface area contributed by atoms with Gasteiger partial charge in [0.15, 0.2) is 0 Å². The maximum atomic E-state index is 11.6. The molecule has 0 radical (unpaired) electrons. The van der Waals surface area contributed by atoms with Crippen molar-refractivity contribution in [1.82, 2.24) is 9.47 Å². The maximum absolute atomic E-state index is 11.6. The van der Waals surface area contributed by atoms with Gasteiger partial charge < -0.3 is 10.3 Å². The highest BCUT2D eigenvalue weighted by molar-refractivity contribution is 7.16. The van der Waals surface area contributed by atoms with E-state index >= 15 is 0 Å². The van der Waals surface area contributed by atoms with Crippen LogP contribution in [-0.2, 0) is 13.6 Å². The third kappa shape index (κ3) is 2.76. The summed E-state index contributed by atoms with van der Waals surface area (Å²) >= 11 is 1.32. The topological polar surface area (TPSA) is 51.3 Å². The molecule has 0 amide bonds. The minimum atomic E-state index is 0. The molecule has 1 saturated heterocycles. The normalized spacial score (nSPS) is 19.4. The average molecular weight is 314 g/mol. The van der Waals surface area contributed by atoms with Crippen LogP contribution in [0.1, 0.15) is 18.4 Å². The number of benzene rings is 1. The van der Waals surface area contributed by atoms with Crippen LogP contribution in [0, 0.1) is 0 Å². The smallest absolute Gasteiger partial charge is 0.307 e. The molecule has 0 bridgehead atoms. The van der Waals surface area contributed by atoms with E-state index < -0.39 is 0 Å². The van der Waals surface area contributed by atoms with Gasteiger partial charge in [0.05, 0.1) is 10.2 Å². The van der Waals surface area contributed by atoms with Crippen molar-refractivity contribution in [1.29, 1.82) is 0 Å². The minimum absolute atomic E-state index is 0. The number of aryl methyl sites for hydroxylation is 1. The summed E-state index contributed by atoms with van der Waals surface area (Å²) in [5, 5.41) is 0. The fourth-order valence-corrected chi connectivity index (χ4v) is 3.82. The zero-order valence-electron chi connectivity index (χ0n) is 11.5. The lowest BCUT2D eigenvalue weighted by Crippen LogP contribution is -2.34. The highest BCUT2D eigenvalue weighted by Gasteiger charge is 2.23. The molecule has 2 aromatic rings. The summed E-state index contributed by atoms with van der Waals surface area (Å²) in [6.07, 6.45) is 2.44. The Hall–Kier alpha value is -0.880. The number of fused-ring (bicyclic) bond motifs is 1. The summed E-state index contributed by atoms with van der Waals surface area (Å²) in [6.45, 7) is 2.81. The fraction of sp³-hybridized carbons (Fsp3) is 0.500. The quantitative estimate of drug-likeness (QED) is 0.942. The van der Waals surface area contributed by atoms with Crippen LogP contribution in [0.25, 0.3) is 10.2 Å². The first-order valence-electron chi connectivity index (χ1n) is 6.71. The molecule has 2 N–H and O–H groups in total. The number of halogens is 1. The predicted molar refractivity (Wildman–Crippen MR) is 86.8 cm³/mol. The Bertz CT molecular complexity index is 651. The zero-order chi connectivity index (χ0) is 13.4. The lowest BCUT2D eigenvalue weighted by Gasteiger charge is -2.23. The maximum Gasteiger partial charge on any atom is 0.307 e. The Morgan fingerprint density at radius 2 is 2.25 bits per heavy atom. The van der Waals surface area contributed by atoms with E-state index in [1.165, 1.54) is 29.7 Å². The van der Waals surface area contributed by atoms with Crippen molar-refractivity contribution >= 4 is 34.0 Å². The molecule has 6 heteroatoms. The molecule has 0 spiro atoms. The van der Waals surface area contributed by atoms with E-state index in [1.54, 1.807) is 4.57 Å². The van der Waals surface area contributed by atoms with Gasteiger partial charge >= 0.3 is 4.87 Å². The summed E-state index contributed by atoms with van der Waals surface area (Å²) in [5.74, 6) is 0. The summed E-state index contributed by atoms with van der Waals surface area (Å²) in [5.41, 5.74) is 8.10. The molecule has 1 unspecified atom stereocenters. The number of nitrogens with two attached hydrogens (primary N) is 1. The molecule has 3 rings (SSSR count). The number of thiazole rings is 1. The Kier molecular flexibility index (Phi) is 4.86. The van der Waals surface area contributed by atoms with Gasteiger partial charge in [-0.2, -0.15) is 0 Å². The van der Waals surface area contributed by atoms with E-state index in [1.807, 2.05) is 7.05 Å². The molecule has 20 heavy (non-hydrogen) atoms. The van der Waals surface area contributed by atoms with Gasteiger partial charge in [-0.3, -0.25) is 9.69 Å². The third-order valence-corrected chi connectivity index (χ3v) is 5.01. The molecule has 1 aromatic heterocycles. The summed E-state index contributed by atoms with van der Waals surface area (Å²) in [6, 6.07) is 6.84. The van der Waals surface area contributed by atoms with E-state index in [9.17, 15) is 4.79 Å². The van der Waals surface area contributed by atoms with E-state index in [2.05, 4.69) is 23.1 Å². The molecule has 1 fully saturated rings. The predicted octanol–water partition coefficient (Wildman–Crippen LogP) is 1.94. The van der Waals surface area contributed by atoms with Crippen LogP contribution in [-0.4, -0.2) is 28.6 Å². The second-order valence-electron chi connectivity index (χ2n) is 5.23. The van der Waals surface area contributed by atoms with Crippen LogP contribution in [0.4, 0.5) is 0 Å². The molecule has 1 aliphatic heterocycles. The first-order valence-corrected chi connectivity index (χ1v) is 7.53. The SMILES string of the molecule is Cl.Cn1c(=O)sc2cc(CN3CCCC3CN)ccc21. The van der Waals surface area contributed by atoms with E-state index in [0.29, 0.717) is 6.04 Å². The fourth-order valence-electron chi connectivity index (χ4n) is 2.88. The minimum Gasteiger partial charge on any atom is -0.329 e. The molecule has 1 aromatic carbocycles. The van der Waals surface area contributed by atoms with Crippen LogP contribution in [0.2, 0.25) is 0 Å². The van der Waals surface area contributed by atoms with Gasteiger partial charge in [-0.1, -0.05) is 17.4 Å². The zero-order valence-corrected chi connectivity index (χ0v) is 13.2.